The quantitative estimate of drug-likeness (QED) is 0.791. The Balaban J connectivity index is 0.00000196. The van der Waals surface area contributed by atoms with E-state index in [1.54, 1.807) is 7.05 Å². The average molecular weight is 235 g/mol. The first-order chi connectivity index (χ1) is 6.63. The molecule has 1 rings (SSSR count). The molecule has 0 aliphatic carbocycles. The lowest BCUT2D eigenvalue weighted by atomic mass is 10.4. The van der Waals surface area contributed by atoms with Gasteiger partial charge in [0.2, 0.25) is 11.8 Å². The zero-order valence-corrected chi connectivity index (χ0v) is 9.58. The lowest BCUT2D eigenvalue weighted by Gasteiger charge is -2.10. The van der Waals surface area contributed by atoms with Gasteiger partial charge in [-0.25, -0.2) is 0 Å². The van der Waals surface area contributed by atoms with Crippen molar-refractivity contribution >= 4 is 18.3 Å². The summed E-state index contributed by atoms with van der Waals surface area (Å²) in [5.41, 5.74) is 5.33. The van der Waals surface area contributed by atoms with E-state index in [-0.39, 0.29) is 18.3 Å². The van der Waals surface area contributed by atoms with E-state index >= 15 is 0 Å². The van der Waals surface area contributed by atoms with Crippen LogP contribution in [-0.4, -0.2) is 34.5 Å². The number of hydrogen-bond donors (Lipinski definition) is 1. The Hall–Kier alpha value is -1.14. The molecule has 1 amide bonds. The molecule has 0 fully saturated rings. The maximum Gasteiger partial charge on any atom is 0.246 e. The summed E-state index contributed by atoms with van der Waals surface area (Å²) < 4.78 is 4.93. The van der Waals surface area contributed by atoms with Crippen molar-refractivity contribution < 1.29 is 9.32 Å². The van der Waals surface area contributed by atoms with Gasteiger partial charge in [-0.3, -0.25) is 4.79 Å². The molecule has 0 unspecified atom stereocenters. The first-order valence-corrected chi connectivity index (χ1v) is 4.36. The van der Waals surface area contributed by atoms with Crippen LogP contribution in [0.2, 0.25) is 0 Å². The van der Waals surface area contributed by atoms with Gasteiger partial charge in [0, 0.05) is 20.4 Å². The SMILES string of the molecule is CC(=O)N(C)Cc1nc(CCN)no1.Cl. The third-order valence-electron chi connectivity index (χ3n) is 1.79. The maximum atomic E-state index is 10.9. The number of hydrogen-bond acceptors (Lipinski definition) is 5. The third kappa shape index (κ3) is 4.26. The van der Waals surface area contributed by atoms with E-state index in [4.69, 9.17) is 10.3 Å². The van der Waals surface area contributed by atoms with Crippen molar-refractivity contribution in [2.24, 2.45) is 5.73 Å². The highest BCUT2D eigenvalue weighted by Crippen LogP contribution is 2.01. The monoisotopic (exact) mass is 234 g/mol. The summed E-state index contributed by atoms with van der Waals surface area (Å²) in [6, 6.07) is 0. The van der Waals surface area contributed by atoms with Gasteiger partial charge in [0.05, 0.1) is 6.54 Å². The summed E-state index contributed by atoms with van der Waals surface area (Å²) in [7, 11) is 1.68. The second kappa shape index (κ2) is 6.36. The van der Waals surface area contributed by atoms with Crippen molar-refractivity contribution in [1.29, 1.82) is 0 Å². The van der Waals surface area contributed by atoms with Crippen molar-refractivity contribution in [1.82, 2.24) is 15.0 Å². The molecule has 2 N–H and O–H groups in total. The molecule has 6 nitrogen and oxygen atoms in total. The topological polar surface area (TPSA) is 85.2 Å². The van der Waals surface area contributed by atoms with Gasteiger partial charge in [-0.05, 0) is 6.54 Å². The molecule has 0 saturated heterocycles. The number of nitrogens with two attached hydrogens (primary N) is 1. The minimum absolute atomic E-state index is 0. The van der Waals surface area contributed by atoms with Crippen LogP contribution in [0.25, 0.3) is 0 Å². The molecular weight excluding hydrogens is 220 g/mol. The Labute approximate surface area is 94.2 Å². The van der Waals surface area contributed by atoms with Crippen molar-refractivity contribution in [3.8, 4) is 0 Å². The summed E-state index contributed by atoms with van der Waals surface area (Å²) in [6.45, 7) is 2.31. The first kappa shape index (κ1) is 13.9. The summed E-state index contributed by atoms with van der Waals surface area (Å²) >= 11 is 0. The molecule has 1 aromatic heterocycles. The molecule has 86 valence electrons. The molecule has 7 heteroatoms. The van der Waals surface area contributed by atoms with Gasteiger partial charge in [0.25, 0.3) is 0 Å². The second-order valence-electron chi connectivity index (χ2n) is 3.02. The lowest BCUT2D eigenvalue weighted by Crippen LogP contribution is -2.23. The number of halogens is 1. The normalized spacial score (nSPS) is 9.53. The third-order valence-corrected chi connectivity index (χ3v) is 1.79. The fourth-order valence-electron chi connectivity index (χ4n) is 0.899. The van der Waals surface area contributed by atoms with Gasteiger partial charge in [-0.15, -0.1) is 12.4 Å². The van der Waals surface area contributed by atoms with Crippen LogP contribution in [0.4, 0.5) is 0 Å². The van der Waals surface area contributed by atoms with Gasteiger partial charge < -0.3 is 15.2 Å². The fourth-order valence-corrected chi connectivity index (χ4v) is 0.899. The summed E-state index contributed by atoms with van der Waals surface area (Å²) in [4.78, 5) is 16.5. The van der Waals surface area contributed by atoms with Crippen molar-refractivity contribution in [3.05, 3.63) is 11.7 Å². The van der Waals surface area contributed by atoms with Crippen molar-refractivity contribution in [2.45, 2.75) is 19.9 Å². The smallest absolute Gasteiger partial charge is 0.246 e. The molecule has 1 aromatic rings. The summed E-state index contributed by atoms with van der Waals surface area (Å²) in [6.07, 6.45) is 0.591. The molecule has 1 heterocycles. The zero-order chi connectivity index (χ0) is 10.6. The molecule has 0 saturated carbocycles. The number of aromatic nitrogens is 2. The molecule has 0 bridgehead atoms. The largest absolute Gasteiger partial charge is 0.337 e. The van der Waals surface area contributed by atoms with E-state index in [9.17, 15) is 4.79 Å². The number of carbonyl (C=O) groups is 1. The second-order valence-corrected chi connectivity index (χ2v) is 3.02. The fraction of sp³-hybridized carbons (Fsp3) is 0.625. The first-order valence-electron chi connectivity index (χ1n) is 4.36. The van der Waals surface area contributed by atoms with Gasteiger partial charge in [-0.2, -0.15) is 4.98 Å². The maximum absolute atomic E-state index is 10.9. The molecule has 0 atom stereocenters. The van der Waals surface area contributed by atoms with E-state index in [1.807, 2.05) is 0 Å². The van der Waals surface area contributed by atoms with Crippen molar-refractivity contribution in [2.75, 3.05) is 13.6 Å². The number of rotatable bonds is 4. The standard InChI is InChI=1S/C8H14N4O2.ClH/c1-6(13)12(2)5-8-10-7(3-4-9)11-14-8;/h3-5,9H2,1-2H3;1H. The number of carbonyl (C=O) groups excluding carboxylic acids is 1. The molecule has 0 aliphatic rings. The van der Waals surface area contributed by atoms with E-state index in [2.05, 4.69) is 10.1 Å². The number of nitrogens with zero attached hydrogens (tertiary/aromatic N) is 3. The van der Waals surface area contributed by atoms with Gasteiger partial charge in [-0.1, -0.05) is 5.16 Å². The van der Waals surface area contributed by atoms with Crippen LogP contribution in [0.1, 0.15) is 18.6 Å². The predicted molar refractivity (Wildman–Crippen MR) is 56.5 cm³/mol. The molecular formula is C8H15ClN4O2. The Morgan fingerprint density at radius 1 is 1.60 bits per heavy atom. The van der Waals surface area contributed by atoms with Crippen LogP contribution < -0.4 is 5.73 Å². The molecule has 0 aliphatic heterocycles. The molecule has 15 heavy (non-hydrogen) atoms. The minimum atomic E-state index is -0.0384. The Morgan fingerprint density at radius 2 is 2.27 bits per heavy atom. The molecule has 0 radical (unpaired) electrons. The highest BCUT2D eigenvalue weighted by Gasteiger charge is 2.09. The Morgan fingerprint density at radius 3 is 2.80 bits per heavy atom. The van der Waals surface area contributed by atoms with E-state index in [0.29, 0.717) is 31.2 Å². The van der Waals surface area contributed by atoms with Crippen LogP contribution in [-0.2, 0) is 17.8 Å². The van der Waals surface area contributed by atoms with E-state index < -0.39 is 0 Å². The van der Waals surface area contributed by atoms with Crippen molar-refractivity contribution in [3.63, 3.8) is 0 Å². The van der Waals surface area contributed by atoms with Crippen LogP contribution >= 0.6 is 12.4 Å². The van der Waals surface area contributed by atoms with E-state index in [1.165, 1.54) is 11.8 Å². The van der Waals surface area contributed by atoms with E-state index in [0.717, 1.165) is 0 Å². The Bertz CT molecular complexity index is 315. The van der Waals surface area contributed by atoms with Crippen LogP contribution in [0.5, 0.6) is 0 Å². The van der Waals surface area contributed by atoms with Crippen LogP contribution in [0.3, 0.4) is 0 Å². The minimum Gasteiger partial charge on any atom is -0.337 e. The summed E-state index contributed by atoms with van der Waals surface area (Å²) in [5.74, 6) is 0.981. The predicted octanol–water partition coefficient (Wildman–Crippen LogP) is -0.0291. The molecule has 0 spiro atoms. The Kier molecular flexibility index (Phi) is 5.88. The van der Waals surface area contributed by atoms with Gasteiger partial charge in [0.1, 0.15) is 0 Å². The average Bonchev–Trinajstić information content (AvgIpc) is 2.53. The highest BCUT2D eigenvalue weighted by molar-refractivity contribution is 5.85. The number of amides is 1. The van der Waals surface area contributed by atoms with Crippen LogP contribution in [0.15, 0.2) is 4.52 Å². The lowest BCUT2D eigenvalue weighted by molar-refractivity contribution is -0.128. The highest BCUT2D eigenvalue weighted by atomic mass is 35.5. The van der Waals surface area contributed by atoms with Gasteiger partial charge in [0.15, 0.2) is 5.82 Å². The zero-order valence-electron chi connectivity index (χ0n) is 8.77. The van der Waals surface area contributed by atoms with Crippen LogP contribution in [0, 0.1) is 0 Å². The van der Waals surface area contributed by atoms with Gasteiger partial charge >= 0.3 is 0 Å². The summed E-state index contributed by atoms with van der Waals surface area (Å²) in [5, 5.41) is 3.71. The molecule has 0 aromatic carbocycles.